The molecule has 1 N–H and O–H groups in total. The highest BCUT2D eigenvalue weighted by molar-refractivity contribution is 8.18. The summed E-state index contributed by atoms with van der Waals surface area (Å²) in [6.07, 6.45) is 5.42. The van der Waals surface area contributed by atoms with Crippen LogP contribution in [0.5, 0.6) is 5.75 Å². The van der Waals surface area contributed by atoms with E-state index in [1.807, 2.05) is 64.4 Å². The number of allylic oxidation sites excluding steroid dienone is 1. The van der Waals surface area contributed by atoms with Gasteiger partial charge in [0.1, 0.15) is 34.0 Å². The van der Waals surface area contributed by atoms with Gasteiger partial charge in [-0.05, 0) is 81.0 Å². The lowest BCUT2D eigenvalue weighted by molar-refractivity contribution is -0.144. The van der Waals surface area contributed by atoms with E-state index in [-0.39, 0.29) is 29.3 Å². The third-order valence-electron chi connectivity index (χ3n) is 11.3. The van der Waals surface area contributed by atoms with Crippen molar-refractivity contribution >= 4 is 51.9 Å². The molecule has 2 amide bonds. The number of aromatic nitrogens is 1. The molecular formula is C40H44Cl2N6O3S. The van der Waals surface area contributed by atoms with Crippen LogP contribution in [0.15, 0.2) is 82.5 Å². The van der Waals surface area contributed by atoms with Crippen LogP contribution in [-0.2, 0) is 21.7 Å². The van der Waals surface area contributed by atoms with E-state index in [0.717, 1.165) is 53.4 Å². The molecule has 8 rings (SSSR count). The Morgan fingerprint density at radius 2 is 1.87 bits per heavy atom. The van der Waals surface area contributed by atoms with E-state index in [4.69, 9.17) is 32.9 Å². The highest BCUT2D eigenvalue weighted by Crippen LogP contribution is 2.58. The largest absolute Gasteiger partial charge is 0.488 e. The second kappa shape index (κ2) is 13.7. The molecular weight excluding hydrogens is 715 g/mol. The predicted octanol–water partition coefficient (Wildman–Crippen LogP) is 7.55. The van der Waals surface area contributed by atoms with Crippen molar-refractivity contribution in [3.63, 3.8) is 0 Å². The number of hydrogen-bond acceptors (Lipinski definition) is 8. The van der Waals surface area contributed by atoms with Crippen LogP contribution in [0.3, 0.4) is 0 Å². The second-order valence-corrected chi connectivity index (χ2v) is 17.0. The summed E-state index contributed by atoms with van der Waals surface area (Å²) < 4.78 is 6.55. The molecule has 12 heteroatoms. The number of nitrogens with one attached hydrogen (secondary N) is 1. The van der Waals surface area contributed by atoms with Gasteiger partial charge in [-0.25, -0.2) is 9.98 Å². The van der Waals surface area contributed by atoms with Gasteiger partial charge in [0.05, 0.1) is 6.04 Å². The van der Waals surface area contributed by atoms with Gasteiger partial charge in [-0.15, -0.1) is 0 Å². The number of rotatable bonds is 8. The molecule has 3 aromatic rings. The first-order valence-corrected chi connectivity index (χ1v) is 19.8. The second-order valence-electron chi connectivity index (χ2n) is 15.2. The Morgan fingerprint density at radius 1 is 1.08 bits per heavy atom. The summed E-state index contributed by atoms with van der Waals surface area (Å²) in [5.41, 5.74) is 2.93. The van der Waals surface area contributed by atoms with Crippen LogP contribution >= 0.6 is 35.0 Å². The minimum absolute atomic E-state index is 0.0386. The van der Waals surface area contributed by atoms with Crippen molar-refractivity contribution in [3.8, 4) is 5.75 Å². The number of halogens is 2. The number of amidine groups is 1. The van der Waals surface area contributed by atoms with Crippen LogP contribution in [0, 0.1) is 5.92 Å². The van der Waals surface area contributed by atoms with E-state index in [1.54, 1.807) is 12.3 Å². The Hall–Kier alpha value is -3.57. The average Bonchev–Trinajstić information content (AvgIpc) is 3.45. The van der Waals surface area contributed by atoms with E-state index in [9.17, 15) is 9.59 Å². The van der Waals surface area contributed by atoms with Crippen molar-refractivity contribution in [1.29, 1.82) is 0 Å². The van der Waals surface area contributed by atoms with Gasteiger partial charge in [-0.3, -0.25) is 9.59 Å². The highest BCUT2D eigenvalue weighted by atomic mass is 35.5. The Morgan fingerprint density at radius 3 is 2.58 bits per heavy atom. The summed E-state index contributed by atoms with van der Waals surface area (Å²) in [5, 5.41) is 5.29. The number of aliphatic imine (C=N–C) groups is 1. The first-order valence-electron chi connectivity index (χ1n) is 18.2. The fourth-order valence-corrected chi connectivity index (χ4v) is 10.0. The first kappa shape index (κ1) is 35.5. The standard InChI is InChI=1S/C40H44Cl2N6O3S/c1-24(2)33-34(37(50)47-25(3)10-14-30(47)36(49)46-19-18-44-40(23-46)16-17-40)52-38-45-39(4,27-11-15-32(42)43-21-27)35(48(33)38)29-13-12-28(41)20-31(29)51-22-26-8-6-5-7-9-26/h5-9,11-13,15,20-21,24-25,30,35,44H,10,14,16-19,22-23H2,1-4H3/t25-,30+,35-,39+/m1/s1. The van der Waals surface area contributed by atoms with Crippen molar-refractivity contribution in [2.45, 2.75) is 89.2 Å². The van der Waals surface area contributed by atoms with Gasteiger partial charge in [0, 0.05) is 59.3 Å². The van der Waals surface area contributed by atoms with Gasteiger partial charge < -0.3 is 24.8 Å². The third-order valence-corrected chi connectivity index (χ3v) is 12.8. The Balaban J connectivity index is 1.19. The lowest BCUT2D eigenvalue weighted by atomic mass is 9.81. The van der Waals surface area contributed by atoms with Crippen LogP contribution in [0.2, 0.25) is 10.2 Å². The molecule has 1 saturated carbocycles. The maximum Gasteiger partial charge on any atom is 0.263 e. The number of amides is 2. The van der Waals surface area contributed by atoms with Gasteiger partial charge in [0.15, 0.2) is 5.17 Å². The zero-order valence-electron chi connectivity index (χ0n) is 29.9. The lowest BCUT2D eigenvalue weighted by Crippen LogP contribution is -2.58. The van der Waals surface area contributed by atoms with Crippen molar-refractivity contribution in [2.24, 2.45) is 10.9 Å². The third kappa shape index (κ3) is 6.29. The van der Waals surface area contributed by atoms with Crippen LogP contribution in [0.4, 0.5) is 0 Å². The molecule has 5 aliphatic rings. The van der Waals surface area contributed by atoms with Gasteiger partial charge in [0.2, 0.25) is 5.91 Å². The number of nitrogens with zero attached hydrogens (tertiary/aromatic N) is 5. The molecule has 272 valence electrons. The molecule has 5 heterocycles. The van der Waals surface area contributed by atoms with Gasteiger partial charge >= 0.3 is 0 Å². The molecule has 52 heavy (non-hydrogen) atoms. The van der Waals surface area contributed by atoms with E-state index >= 15 is 0 Å². The fraction of sp³-hybridized carbons (Fsp3) is 0.450. The van der Waals surface area contributed by atoms with Crippen molar-refractivity contribution in [1.82, 2.24) is 25.0 Å². The fourth-order valence-electron chi connectivity index (χ4n) is 8.40. The number of fused-ring (bicyclic) bond motifs is 1. The van der Waals surface area contributed by atoms with Gasteiger partial charge in [0.25, 0.3) is 5.91 Å². The number of likely N-dealkylation sites (tertiary alicyclic amines) is 1. The number of piperazine rings is 1. The van der Waals surface area contributed by atoms with Crippen molar-refractivity contribution < 1.29 is 14.3 Å². The minimum atomic E-state index is -0.826. The summed E-state index contributed by atoms with van der Waals surface area (Å²) >= 11 is 14.3. The van der Waals surface area contributed by atoms with E-state index in [2.05, 4.69) is 42.9 Å². The molecule has 0 bridgehead atoms. The van der Waals surface area contributed by atoms with Crippen LogP contribution in [0.1, 0.15) is 76.1 Å². The van der Waals surface area contributed by atoms with E-state index < -0.39 is 17.6 Å². The number of hydrogen-bond donors (Lipinski definition) is 1. The van der Waals surface area contributed by atoms with Crippen molar-refractivity contribution in [2.75, 3.05) is 19.6 Å². The molecule has 1 spiro atoms. The van der Waals surface area contributed by atoms with E-state index in [1.165, 1.54) is 11.8 Å². The van der Waals surface area contributed by atoms with Crippen LogP contribution in [-0.4, -0.2) is 73.9 Å². The summed E-state index contributed by atoms with van der Waals surface area (Å²) in [6, 6.07) is 18.6. The quantitative estimate of drug-likeness (QED) is 0.237. The Labute approximate surface area is 319 Å². The maximum absolute atomic E-state index is 14.9. The summed E-state index contributed by atoms with van der Waals surface area (Å²) in [5.74, 6) is 0.571. The van der Waals surface area contributed by atoms with Crippen LogP contribution < -0.4 is 10.1 Å². The average molecular weight is 760 g/mol. The smallest absolute Gasteiger partial charge is 0.263 e. The topological polar surface area (TPSA) is 90.4 Å². The number of benzene rings is 2. The van der Waals surface area contributed by atoms with E-state index in [0.29, 0.717) is 46.9 Å². The minimum Gasteiger partial charge on any atom is -0.488 e. The Kier molecular flexibility index (Phi) is 9.33. The Bertz CT molecular complexity index is 1950. The number of pyridine rings is 1. The van der Waals surface area contributed by atoms with Crippen molar-refractivity contribution in [3.05, 3.63) is 104 Å². The number of carbonyl (C=O) groups is 2. The molecule has 0 unspecified atom stereocenters. The maximum atomic E-state index is 14.9. The molecule has 3 fully saturated rings. The highest BCUT2D eigenvalue weighted by Gasteiger charge is 2.56. The van der Waals surface area contributed by atoms with Gasteiger partial charge in [-0.1, -0.05) is 79.5 Å². The predicted molar refractivity (Wildman–Crippen MR) is 206 cm³/mol. The summed E-state index contributed by atoms with van der Waals surface area (Å²) in [4.78, 5) is 45.7. The zero-order chi connectivity index (χ0) is 36.4. The molecule has 1 aromatic heterocycles. The summed E-state index contributed by atoms with van der Waals surface area (Å²) in [6.45, 7) is 10.9. The molecule has 2 aromatic carbocycles. The number of thioether (sulfide) groups is 1. The normalized spacial score (nSPS) is 26.3. The lowest BCUT2D eigenvalue weighted by Gasteiger charge is -2.38. The SMILES string of the molecule is CC(C)C1=C(C(=O)N2[C@H](C)CC[C@H]2C(=O)N2CCNC3(CC3)C2)SC2=N[C@@](C)(c3ccc(Cl)nc3)[C@@H](c3ccc(Cl)cc3OCc3ccccc3)N21. The molecule has 4 aliphatic heterocycles. The molecule has 2 saturated heterocycles. The first-order chi connectivity index (χ1) is 25.0. The zero-order valence-corrected chi connectivity index (χ0v) is 32.3. The molecule has 4 atom stereocenters. The summed E-state index contributed by atoms with van der Waals surface area (Å²) in [7, 11) is 0. The van der Waals surface area contributed by atoms with Gasteiger partial charge in [-0.2, -0.15) is 0 Å². The van der Waals surface area contributed by atoms with Crippen LogP contribution in [0.25, 0.3) is 0 Å². The monoisotopic (exact) mass is 758 g/mol. The molecule has 9 nitrogen and oxygen atoms in total. The number of ether oxygens (including phenoxy) is 1. The molecule has 1 aliphatic carbocycles. The molecule has 0 radical (unpaired) electrons. The number of carbonyl (C=O) groups excluding carboxylic acids is 2.